The number of ether oxygens (including phenoxy) is 2. The van der Waals surface area contributed by atoms with Crippen LogP contribution in [0.3, 0.4) is 0 Å². The Labute approximate surface area is 127 Å². The maximum atomic E-state index is 9.82. The van der Waals surface area contributed by atoms with Crippen LogP contribution in [0.15, 0.2) is 24.3 Å². The summed E-state index contributed by atoms with van der Waals surface area (Å²) >= 11 is 0. The monoisotopic (exact) mass is 275 g/mol. The number of methoxy groups -OCH3 is 1. The first-order valence-corrected chi connectivity index (χ1v) is 5.90. The summed E-state index contributed by atoms with van der Waals surface area (Å²) in [5.41, 5.74) is -0.123. The van der Waals surface area contributed by atoms with Gasteiger partial charge in [-0.05, 0) is 24.1 Å². The molecule has 4 heteroatoms. The van der Waals surface area contributed by atoms with Crippen LogP contribution in [0, 0.1) is 0 Å². The zero-order valence-corrected chi connectivity index (χ0v) is 11.1. The van der Waals surface area contributed by atoms with Gasteiger partial charge in [0.2, 0.25) is 0 Å². The van der Waals surface area contributed by atoms with Crippen LogP contribution >= 0.6 is 0 Å². The van der Waals surface area contributed by atoms with E-state index in [4.69, 9.17) is 15.7 Å². The fraction of sp³-hybridized carbons (Fsp3) is 0.600. The standard InChI is InChI=1S/C15H25NO3/c1-12(2)16-10-14(17)11-19-15-6-4-13(5-7-15)8-9-18-3/h4-7,12,14,16-17H,8-11H2,1-3H3/i3D3,8D2,9D2,12D. The van der Waals surface area contributed by atoms with E-state index < -0.39 is 32.1 Å². The molecule has 1 unspecified atom stereocenters. The van der Waals surface area contributed by atoms with Gasteiger partial charge in [-0.1, -0.05) is 26.0 Å². The van der Waals surface area contributed by atoms with Crippen LogP contribution in [-0.4, -0.2) is 44.0 Å². The zero-order valence-electron chi connectivity index (χ0n) is 19.1. The smallest absolute Gasteiger partial charge is 0.119 e. The van der Waals surface area contributed by atoms with Crippen LogP contribution in [0.1, 0.15) is 30.4 Å². The molecule has 1 aromatic rings. The molecule has 0 radical (unpaired) electrons. The SMILES string of the molecule is [2H]C(C)(C)NCC(O)COc1ccc(C([2H])([2H])C([2H])([2H])OC([2H])([2H])[2H])cc1. The Balaban J connectivity index is 2.72. The molecule has 0 aromatic heterocycles. The van der Waals surface area contributed by atoms with Crippen molar-refractivity contribution < 1.29 is 25.5 Å². The minimum absolute atomic E-state index is 0.0572. The van der Waals surface area contributed by atoms with Crippen LogP contribution in [0.5, 0.6) is 5.75 Å². The fourth-order valence-electron chi connectivity index (χ4n) is 1.29. The van der Waals surface area contributed by atoms with Crippen LogP contribution < -0.4 is 10.1 Å². The molecule has 19 heavy (non-hydrogen) atoms. The first kappa shape index (κ1) is 7.62. The molecule has 0 saturated carbocycles. The molecule has 0 aliphatic rings. The summed E-state index contributed by atoms with van der Waals surface area (Å²) in [6, 6.07) is 4.39. The molecule has 0 fully saturated rings. The third-order valence-electron chi connectivity index (χ3n) is 2.23. The van der Waals surface area contributed by atoms with Crippen molar-refractivity contribution in [2.24, 2.45) is 0 Å². The Morgan fingerprint density at radius 2 is 2.16 bits per heavy atom. The van der Waals surface area contributed by atoms with Gasteiger partial charge >= 0.3 is 0 Å². The van der Waals surface area contributed by atoms with Crippen molar-refractivity contribution in [3.8, 4) is 5.75 Å². The van der Waals surface area contributed by atoms with E-state index in [1.54, 1.807) is 13.8 Å². The number of nitrogens with one attached hydrogen (secondary N) is 1. The molecule has 0 bridgehead atoms. The second-order valence-corrected chi connectivity index (χ2v) is 4.20. The van der Waals surface area contributed by atoms with Crippen molar-refractivity contribution in [3.05, 3.63) is 29.8 Å². The van der Waals surface area contributed by atoms with E-state index in [0.717, 1.165) is 0 Å². The van der Waals surface area contributed by atoms with Crippen molar-refractivity contribution in [1.82, 2.24) is 5.32 Å². The Morgan fingerprint density at radius 3 is 2.79 bits per heavy atom. The molecule has 2 N–H and O–H groups in total. The highest BCUT2D eigenvalue weighted by atomic mass is 16.5. The highest BCUT2D eigenvalue weighted by molar-refractivity contribution is 5.27. The fourth-order valence-corrected chi connectivity index (χ4v) is 1.29. The molecule has 0 saturated heterocycles. The molecule has 4 nitrogen and oxygen atoms in total. The summed E-state index contributed by atoms with van der Waals surface area (Å²) in [4.78, 5) is 0. The highest BCUT2D eigenvalue weighted by Crippen LogP contribution is 2.12. The number of aliphatic hydroxyl groups is 1. The molecule has 1 rings (SSSR count). The van der Waals surface area contributed by atoms with E-state index in [1.807, 2.05) is 0 Å². The van der Waals surface area contributed by atoms with Gasteiger partial charge in [0.05, 0.1) is 13.4 Å². The zero-order chi connectivity index (χ0) is 21.1. The van der Waals surface area contributed by atoms with Crippen molar-refractivity contribution in [1.29, 1.82) is 0 Å². The van der Waals surface area contributed by atoms with Gasteiger partial charge < -0.3 is 19.9 Å². The van der Waals surface area contributed by atoms with Crippen LogP contribution in [0.25, 0.3) is 0 Å². The lowest BCUT2D eigenvalue weighted by Gasteiger charge is -2.15. The molecule has 108 valence electrons. The second kappa shape index (κ2) is 8.91. The van der Waals surface area contributed by atoms with Crippen LogP contribution in [0.2, 0.25) is 0 Å². The number of hydrogen-bond donors (Lipinski definition) is 2. The summed E-state index contributed by atoms with van der Waals surface area (Å²) in [5, 5.41) is 12.6. The van der Waals surface area contributed by atoms with E-state index in [1.165, 1.54) is 24.3 Å². The third-order valence-corrected chi connectivity index (χ3v) is 2.23. The minimum Gasteiger partial charge on any atom is -0.491 e. The quantitative estimate of drug-likeness (QED) is 0.719. The maximum Gasteiger partial charge on any atom is 0.119 e. The molecule has 1 atom stereocenters. The van der Waals surface area contributed by atoms with Gasteiger partial charge in [0, 0.05) is 23.7 Å². The van der Waals surface area contributed by atoms with Gasteiger partial charge in [0.15, 0.2) is 0 Å². The van der Waals surface area contributed by atoms with Gasteiger partial charge in [-0.15, -0.1) is 0 Å². The molecule has 0 spiro atoms. The average Bonchev–Trinajstić information content (AvgIpc) is 2.48. The second-order valence-electron chi connectivity index (χ2n) is 4.20. The first-order chi connectivity index (χ1) is 12.0. The van der Waals surface area contributed by atoms with E-state index in [9.17, 15) is 5.11 Å². The lowest BCUT2D eigenvalue weighted by Crippen LogP contribution is -2.35. The summed E-state index contributed by atoms with van der Waals surface area (Å²) in [6.07, 6.45) is -3.58. The van der Waals surface area contributed by atoms with Gasteiger partial charge in [-0.2, -0.15) is 0 Å². The van der Waals surface area contributed by atoms with Crippen LogP contribution in [0.4, 0.5) is 0 Å². The predicted octanol–water partition coefficient (Wildman–Crippen LogP) is 1.61. The predicted molar refractivity (Wildman–Crippen MR) is 76.7 cm³/mol. The van der Waals surface area contributed by atoms with Gasteiger partial charge in [0.25, 0.3) is 0 Å². The largest absolute Gasteiger partial charge is 0.491 e. The summed E-state index contributed by atoms with van der Waals surface area (Å²) in [6.45, 7) is 0.303. The number of benzene rings is 1. The lowest BCUT2D eigenvalue weighted by molar-refractivity contribution is 0.104. The third kappa shape index (κ3) is 7.15. The lowest BCUT2D eigenvalue weighted by atomic mass is 10.1. The minimum atomic E-state index is -3.09. The van der Waals surface area contributed by atoms with E-state index in [-0.39, 0.29) is 18.7 Å². The van der Waals surface area contributed by atoms with Crippen molar-refractivity contribution in [2.45, 2.75) is 32.3 Å². The average molecular weight is 275 g/mol. The Morgan fingerprint density at radius 1 is 1.42 bits per heavy atom. The molecular weight excluding hydrogens is 242 g/mol. The number of aryl methyl sites for hydroxylation is 1. The molecule has 0 aliphatic carbocycles. The van der Waals surface area contributed by atoms with Crippen molar-refractivity contribution in [2.75, 3.05) is 26.7 Å². The van der Waals surface area contributed by atoms with E-state index >= 15 is 0 Å². The molecular formula is C15H25NO3. The Kier molecular flexibility index (Phi) is 3.57. The summed E-state index contributed by atoms with van der Waals surface area (Å²) in [7, 11) is -3.09. The van der Waals surface area contributed by atoms with E-state index in [2.05, 4.69) is 10.1 Å². The molecule has 0 aliphatic heterocycles. The van der Waals surface area contributed by atoms with Crippen molar-refractivity contribution >= 4 is 0 Å². The first-order valence-electron chi connectivity index (χ1n) is 9.90. The molecule has 0 heterocycles. The number of aliphatic hydroxyl groups excluding tert-OH is 1. The van der Waals surface area contributed by atoms with Gasteiger partial charge in [-0.25, -0.2) is 0 Å². The van der Waals surface area contributed by atoms with Crippen molar-refractivity contribution in [3.63, 3.8) is 0 Å². The topological polar surface area (TPSA) is 50.7 Å². The highest BCUT2D eigenvalue weighted by Gasteiger charge is 2.05. The summed E-state index contributed by atoms with van der Waals surface area (Å²) < 4.78 is 69.3. The van der Waals surface area contributed by atoms with Gasteiger partial charge in [-0.3, -0.25) is 0 Å². The van der Waals surface area contributed by atoms with E-state index in [0.29, 0.717) is 5.75 Å². The number of hydrogen-bond acceptors (Lipinski definition) is 4. The summed E-state index contributed by atoms with van der Waals surface area (Å²) in [5.74, 6) is 0.316. The van der Waals surface area contributed by atoms with Crippen LogP contribution in [-0.2, 0) is 11.1 Å². The Hall–Kier alpha value is -1.10. The Bertz CT molecular complexity index is 599. The maximum absolute atomic E-state index is 9.82. The number of rotatable bonds is 9. The molecule has 0 amide bonds. The molecule has 1 aromatic carbocycles. The van der Waals surface area contributed by atoms with Gasteiger partial charge in [0.1, 0.15) is 18.5 Å². The normalized spacial score (nSPS) is 21.6.